The molecule has 1 aromatic heterocycles. The highest BCUT2D eigenvalue weighted by molar-refractivity contribution is 7.98. The second kappa shape index (κ2) is 10.8. The van der Waals surface area contributed by atoms with Crippen LogP contribution in [-0.2, 0) is 13.0 Å². The molecule has 0 atom stereocenters. The van der Waals surface area contributed by atoms with E-state index in [2.05, 4.69) is 10.3 Å². The lowest BCUT2D eigenvalue weighted by Gasteiger charge is -2.14. The Hall–Kier alpha value is -2.67. The Morgan fingerprint density at radius 1 is 1.22 bits per heavy atom. The Kier molecular flexibility index (Phi) is 8.07. The molecule has 0 spiro atoms. The Bertz CT molecular complexity index is 1190. The van der Waals surface area contributed by atoms with Crippen LogP contribution in [0.25, 0.3) is 10.9 Å². The third-order valence-electron chi connectivity index (χ3n) is 5.74. The number of aryl methyl sites for hydroxylation is 2. The van der Waals surface area contributed by atoms with Gasteiger partial charge in [-0.25, -0.2) is 9.37 Å². The van der Waals surface area contributed by atoms with Crippen LogP contribution in [0.1, 0.15) is 52.4 Å². The van der Waals surface area contributed by atoms with Gasteiger partial charge in [-0.15, -0.1) is 0 Å². The summed E-state index contributed by atoms with van der Waals surface area (Å²) in [4.78, 5) is 29.7. The molecule has 0 unspecified atom stereocenters. The molecule has 32 heavy (non-hydrogen) atoms. The molecule has 3 aromatic rings. The zero-order valence-electron chi connectivity index (χ0n) is 19.1. The summed E-state index contributed by atoms with van der Waals surface area (Å²) in [5.74, 6) is 0.0214. The molecule has 0 saturated carbocycles. The van der Waals surface area contributed by atoms with Crippen molar-refractivity contribution in [3.8, 4) is 0 Å². The molecule has 1 N–H and O–H groups in total. The maximum atomic E-state index is 14.7. The SMILES string of the molecule is CCCn1cnc2c(C)c(C)c(Cc3ccc(C(=O)NCCCSC)c(F)c3)cc2c1=O. The van der Waals surface area contributed by atoms with E-state index in [9.17, 15) is 14.0 Å². The minimum absolute atomic E-state index is 0.0518. The van der Waals surface area contributed by atoms with Crippen LogP contribution < -0.4 is 10.9 Å². The maximum absolute atomic E-state index is 14.7. The summed E-state index contributed by atoms with van der Waals surface area (Å²) >= 11 is 1.71. The zero-order chi connectivity index (χ0) is 23.3. The predicted molar refractivity (Wildman–Crippen MR) is 130 cm³/mol. The normalized spacial score (nSPS) is 11.2. The first-order chi connectivity index (χ1) is 15.4. The monoisotopic (exact) mass is 455 g/mol. The number of amides is 1. The number of carbonyl (C=O) groups is 1. The van der Waals surface area contributed by atoms with Gasteiger partial charge in [-0.3, -0.25) is 14.2 Å². The van der Waals surface area contributed by atoms with Crippen LogP contribution in [0.4, 0.5) is 4.39 Å². The number of nitrogens with one attached hydrogen (secondary N) is 1. The zero-order valence-corrected chi connectivity index (χ0v) is 19.9. The van der Waals surface area contributed by atoms with Gasteiger partial charge in [0.1, 0.15) is 5.82 Å². The predicted octanol–water partition coefficient (Wildman–Crippen LogP) is 4.64. The fourth-order valence-corrected chi connectivity index (χ4v) is 4.24. The van der Waals surface area contributed by atoms with Gasteiger partial charge >= 0.3 is 0 Å². The minimum atomic E-state index is -0.535. The largest absolute Gasteiger partial charge is 0.352 e. The molecule has 0 radical (unpaired) electrons. The molecule has 0 saturated heterocycles. The van der Waals surface area contributed by atoms with E-state index in [4.69, 9.17) is 0 Å². The molecule has 2 aromatic carbocycles. The molecular formula is C25H30FN3O2S. The van der Waals surface area contributed by atoms with Crippen molar-refractivity contribution in [2.75, 3.05) is 18.6 Å². The number of rotatable bonds is 9. The van der Waals surface area contributed by atoms with E-state index < -0.39 is 11.7 Å². The second-order valence-corrected chi connectivity index (χ2v) is 9.00. The van der Waals surface area contributed by atoms with Crippen molar-refractivity contribution in [2.45, 2.75) is 46.6 Å². The molecule has 1 heterocycles. The Balaban J connectivity index is 1.88. The van der Waals surface area contributed by atoms with E-state index >= 15 is 0 Å². The van der Waals surface area contributed by atoms with E-state index in [0.29, 0.717) is 30.4 Å². The van der Waals surface area contributed by atoms with Crippen LogP contribution in [-0.4, -0.2) is 34.0 Å². The number of hydrogen-bond acceptors (Lipinski definition) is 4. The van der Waals surface area contributed by atoms with Crippen LogP contribution in [0, 0.1) is 19.7 Å². The lowest BCUT2D eigenvalue weighted by Crippen LogP contribution is -2.25. The molecule has 5 nitrogen and oxygen atoms in total. The number of fused-ring (bicyclic) bond motifs is 1. The van der Waals surface area contributed by atoms with E-state index in [1.165, 1.54) is 12.1 Å². The highest BCUT2D eigenvalue weighted by atomic mass is 32.2. The number of carbonyl (C=O) groups excluding carboxylic acids is 1. The Morgan fingerprint density at radius 2 is 2.00 bits per heavy atom. The summed E-state index contributed by atoms with van der Waals surface area (Å²) in [6, 6.07) is 6.60. The van der Waals surface area contributed by atoms with Crippen molar-refractivity contribution in [1.82, 2.24) is 14.9 Å². The molecule has 0 aliphatic heterocycles. The molecule has 0 aliphatic rings. The number of aromatic nitrogens is 2. The number of thioether (sulfide) groups is 1. The molecular weight excluding hydrogens is 425 g/mol. The van der Waals surface area contributed by atoms with Crippen molar-refractivity contribution in [1.29, 1.82) is 0 Å². The van der Waals surface area contributed by atoms with Crippen LogP contribution in [0.15, 0.2) is 35.4 Å². The fraction of sp³-hybridized carbons (Fsp3) is 0.400. The van der Waals surface area contributed by atoms with E-state index in [-0.39, 0.29) is 11.1 Å². The average molecular weight is 456 g/mol. The molecule has 0 aliphatic carbocycles. The molecule has 7 heteroatoms. The van der Waals surface area contributed by atoms with Crippen molar-refractivity contribution < 1.29 is 9.18 Å². The number of hydrogen-bond donors (Lipinski definition) is 1. The van der Waals surface area contributed by atoms with Crippen molar-refractivity contribution in [3.63, 3.8) is 0 Å². The van der Waals surface area contributed by atoms with Gasteiger partial charge in [-0.05, 0) is 85.6 Å². The standard InChI is InChI=1S/C25H30FN3O2S/c1-5-10-29-15-28-23-17(3)16(2)19(14-21(23)25(29)31)12-18-7-8-20(22(26)13-18)24(30)27-9-6-11-32-4/h7-8,13-15H,5-6,9-12H2,1-4H3,(H,27,30). The van der Waals surface area contributed by atoms with Gasteiger partial charge in [0, 0.05) is 13.1 Å². The van der Waals surface area contributed by atoms with Gasteiger partial charge in [0.2, 0.25) is 0 Å². The van der Waals surface area contributed by atoms with Crippen molar-refractivity contribution >= 4 is 28.6 Å². The molecule has 0 fully saturated rings. The van der Waals surface area contributed by atoms with Gasteiger partial charge < -0.3 is 5.32 Å². The highest BCUT2D eigenvalue weighted by Crippen LogP contribution is 2.24. The number of benzene rings is 2. The summed E-state index contributed by atoms with van der Waals surface area (Å²) < 4.78 is 16.3. The minimum Gasteiger partial charge on any atom is -0.352 e. The smallest absolute Gasteiger partial charge is 0.261 e. The number of halogens is 1. The van der Waals surface area contributed by atoms with Gasteiger partial charge in [0.15, 0.2) is 0 Å². The first kappa shape index (κ1) is 24.0. The first-order valence-corrected chi connectivity index (χ1v) is 12.3. The van der Waals surface area contributed by atoms with Gasteiger partial charge in [-0.1, -0.05) is 13.0 Å². The fourth-order valence-electron chi connectivity index (χ4n) is 3.81. The summed E-state index contributed by atoms with van der Waals surface area (Å²) in [5, 5.41) is 3.35. The molecule has 1 amide bonds. The third kappa shape index (κ3) is 5.21. The molecule has 0 bridgehead atoms. The summed E-state index contributed by atoms with van der Waals surface area (Å²) in [6.45, 7) is 7.13. The molecule has 3 rings (SSSR count). The Morgan fingerprint density at radius 3 is 2.69 bits per heavy atom. The van der Waals surface area contributed by atoms with Crippen molar-refractivity contribution in [3.05, 3.63) is 74.6 Å². The topological polar surface area (TPSA) is 64.0 Å². The Labute approximate surface area is 192 Å². The number of nitrogens with zero attached hydrogens (tertiary/aromatic N) is 2. The maximum Gasteiger partial charge on any atom is 0.261 e. The highest BCUT2D eigenvalue weighted by Gasteiger charge is 2.15. The van der Waals surface area contributed by atoms with Gasteiger partial charge in [-0.2, -0.15) is 11.8 Å². The second-order valence-electron chi connectivity index (χ2n) is 8.02. The van der Waals surface area contributed by atoms with E-state index in [0.717, 1.165) is 40.8 Å². The van der Waals surface area contributed by atoms with Crippen LogP contribution in [0.3, 0.4) is 0 Å². The van der Waals surface area contributed by atoms with Gasteiger partial charge in [0.05, 0.1) is 22.8 Å². The van der Waals surface area contributed by atoms with Crippen LogP contribution in [0.5, 0.6) is 0 Å². The summed E-state index contributed by atoms with van der Waals surface area (Å²) in [5.41, 5.74) is 4.41. The van der Waals surface area contributed by atoms with Gasteiger partial charge in [0.25, 0.3) is 11.5 Å². The van der Waals surface area contributed by atoms with Crippen LogP contribution >= 0.6 is 11.8 Å². The third-order valence-corrected chi connectivity index (χ3v) is 6.44. The quantitative estimate of drug-likeness (QED) is 0.478. The lowest BCUT2D eigenvalue weighted by atomic mass is 9.94. The first-order valence-electron chi connectivity index (χ1n) is 10.9. The summed E-state index contributed by atoms with van der Waals surface area (Å²) in [7, 11) is 0. The summed E-state index contributed by atoms with van der Waals surface area (Å²) in [6.07, 6.45) is 5.79. The van der Waals surface area contributed by atoms with Crippen LogP contribution in [0.2, 0.25) is 0 Å². The molecule has 170 valence electrons. The lowest BCUT2D eigenvalue weighted by molar-refractivity contribution is 0.0950. The van der Waals surface area contributed by atoms with Crippen molar-refractivity contribution in [2.24, 2.45) is 0 Å². The average Bonchev–Trinajstić information content (AvgIpc) is 2.77. The van der Waals surface area contributed by atoms with E-state index in [1.807, 2.05) is 33.1 Å². The van der Waals surface area contributed by atoms with E-state index in [1.54, 1.807) is 28.7 Å².